The first-order valence-electron chi connectivity index (χ1n) is 12.7. The largest absolute Gasteiger partial charge is 0.504 e. The summed E-state index contributed by atoms with van der Waals surface area (Å²) in [4.78, 5) is 21.8. The number of phenolic OH excluding ortho intramolecular Hbond substituents is 1. The van der Waals surface area contributed by atoms with Gasteiger partial charge in [-0.05, 0) is 67.5 Å². The molecule has 1 fully saturated rings. The lowest BCUT2D eigenvalue weighted by Crippen LogP contribution is -2.39. The maximum absolute atomic E-state index is 13.0. The molecule has 0 spiro atoms. The van der Waals surface area contributed by atoms with Crippen molar-refractivity contribution in [3.8, 4) is 23.0 Å². The molecule has 0 saturated carbocycles. The minimum absolute atomic E-state index is 0.00870. The number of ether oxygens (including phenoxy) is 2. The van der Waals surface area contributed by atoms with E-state index < -0.39 is 0 Å². The first-order chi connectivity index (χ1) is 17.6. The van der Waals surface area contributed by atoms with Crippen LogP contribution in [0.4, 0.5) is 0 Å². The molecule has 0 unspecified atom stereocenters. The number of hydrogen-bond donors (Lipinski definition) is 2. The minimum Gasteiger partial charge on any atom is -0.504 e. The highest BCUT2D eigenvalue weighted by Gasteiger charge is 2.36. The lowest BCUT2D eigenvalue weighted by molar-refractivity contribution is -0.121. The molecule has 4 bridgehead atoms. The van der Waals surface area contributed by atoms with Crippen molar-refractivity contribution in [3.63, 3.8) is 0 Å². The summed E-state index contributed by atoms with van der Waals surface area (Å²) < 4.78 is 11.7. The highest BCUT2D eigenvalue weighted by molar-refractivity contribution is 7.11. The quantitative estimate of drug-likeness (QED) is 0.543. The number of aromatic nitrogens is 1. The van der Waals surface area contributed by atoms with E-state index in [4.69, 9.17) is 14.5 Å². The van der Waals surface area contributed by atoms with Gasteiger partial charge in [0.2, 0.25) is 5.91 Å². The number of carbonyl (C=O) groups excluding carboxylic acids is 1. The van der Waals surface area contributed by atoms with Crippen molar-refractivity contribution >= 4 is 17.2 Å². The van der Waals surface area contributed by atoms with Crippen LogP contribution in [0.5, 0.6) is 23.0 Å². The van der Waals surface area contributed by atoms with Crippen LogP contribution in [0.1, 0.15) is 51.9 Å². The Hall–Kier alpha value is -3.10. The first-order valence-corrected chi connectivity index (χ1v) is 13.5. The summed E-state index contributed by atoms with van der Waals surface area (Å²) in [5.74, 6) is 1.72. The first kappa shape index (κ1) is 23.3. The van der Waals surface area contributed by atoms with Crippen molar-refractivity contribution < 1.29 is 19.4 Å². The number of carbonyl (C=O) groups is 1. The van der Waals surface area contributed by atoms with Crippen LogP contribution in [0.15, 0.2) is 36.4 Å². The van der Waals surface area contributed by atoms with Crippen LogP contribution < -0.4 is 14.8 Å². The van der Waals surface area contributed by atoms with Gasteiger partial charge in [-0.25, -0.2) is 4.98 Å². The molecule has 1 aliphatic carbocycles. The lowest BCUT2D eigenvalue weighted by Gasteiger charge is -2.21. The molecule has 3 aromatic rings. The van der Waals surface area contributed by atoms with E-state index in [2.05, 4.69) is 16.3 Å². The number of aromatic hydroxyl groups is 1. The van der Waals surface area contributed by atoms with Crippen LogP contribution in [0.3, 0.4) is 0 Å². The topological polar surface area (TPSA) is 83.9 Å². The number of amides is 1. The lowest BCUT2D eigenvalue weighted by atomic mass is 9.93. The predicted molar refractivity (Wildman–Crippen MR) is 138 cm³/mol. The fourth-order valence-corrected chi connectivity index (χ4v) is 6.82. The van der Waals surface area contributed by atoms with E-state index in [1.54, 1.807) is 19.2 Å². The van der Waals surface area contributed by atoms with Crippen LogP contribution in [0.2, 0.25) is 0 Å². The number of benzene rings is 2. The molecule has 6 rings (SSSR count). The summed E-state index contributed by atoms with van der Waals surface area (Å²) >= 11 is 1.86. The molecular weight excluding hydrogens is 474 g/mol. The normalized spacial score (nSPS) is 21.8. The van der Waals surface area contributed by atoms with Crippen molar-refractivity contribution in [3.05, 3.63) is 63.1 Å². The Morgan fingerprint density at radius 1 is 1.11 bits per heavy atom. The molecule has 0 radical (unpaired) electrons. The van der Waals surface area contributed by atoms with E-state index in [-0.39, 0.29) is 23.6 Å². The number of rotatable bonds is 3. The molecule has 2 aromatic carbocycles. The third kappa shape index (κ3) is 4.67. The molecule has 2 N–H and O–H groups in total. The molecule has 1 amide bonds. The number of nitrogens with one attached hydrogen (secondary N) is 1. The number of nitrogens with zero attached hydrogens (tertiary/aromatic N) is 2. The van der Waals surface area contributed by atoms with Gasteiger partial charge in [0.15, 0.2) is 23.0 Å². The van der Waals surface area contributed by atoms with Gasteiger partial charge in [-0.3, -0.25) is 9.69 Å². The summed E-state index contributed by atoms with van der Waals surface area (Å²) in [6.45, 7) is 2.40. The Labute approximate surface area is 215 Å². The molecule has 188 valence electrons. The summed E-state index contributed by atoms with van der Waals surface area (Å²) in [5, 5.41) is 14.9. The van der Waals surface area contributed by atoms with E-state index in [0.717, 1.165) is 43.6 Å². The summed E-state index contributed by atoms with van der Waals surface area (Å²) in [5.41, 5.74) is 3.30. The van der Waals surface area contributed by atoms with Gasteiger partial charge in [-0.1, -0.05) is 12.1 Å². The van der Waals surface area contributed by atoms with E-state index in [1.807, 2.05) is 29.5 Å². The Balaban J connectivity index is 1.31. The average molecular weight is 506 g/mol. The highest BCUT2D eigenvalue weighted by atomic mass is 32.1. The SMILES string of the molecule is COc1ccc2cc1Oc1cc(ccc1O)CCC(=O)N[C@@H]1CN(Cc3nc4c(s3)CCCC4)C[C@@H]21. The monoisotopic (exact) mass is 505 g/mol. The van der Waals surface area contributed by atoms with Gasteiger partial charge in [-0.15, -0.1) is 11.3 Å². The maximum atomic E-state index is 13.0. The van der Waals surface area contributed by atoms with E-state index in [1.165, 1.54) is 28.4 Å². The van der Waals surface area contributed by atoms with Gasteiger partial charge < -0.3 is 19.9 Å². The fraction of sp³-hybridized carbons (Fsp3) is 0.429. The zero-order valence-electron chi connectivity index (χ0n) is 20.5. The number of phenols is 1. The molecule has 8 heteroatoms. The Bertz CT molecular complexity index is 1270. The van der Waals surface area contributed by atoms with Crippen molar-refractivity contribution in [1.29, 1.82) is 0 Å². The van der Waals surface area contributed by atoms with Gasteiger partial charge in [0.1, 0.15) is 5.01 Å². The highest BCUT2D eigenvalue weighted by Crippen LogP contribution is 2.40. The zero-order chi connectivity index (χ0) is 24.6. The van der Waals surface area contributed by atoms with Crippen molar-refractivity contribution in [1.82, 2.24) is 15.2 Å². The van der Waals surface area contributed by atoms with E-state index in [0.29, 0.717) is 30.1 Å². The van der Waals surface area contributed by atoms with Gasteiger partial charge in [0, 0.05) is 36.3 Å². The minimum atomic E-state index is -0.00870. The van der Waals surface area contributed by atoms with Crippen LogP contribution in [-0.4, -0.2) is 47.1 Å². The van der Waals surface area contributed by atoms with Crippen molar-refractivity contribution in [2.45, 2.75) is 57.0 Å². The molecule has 2 aliphatic heterocycles. The number of aryl methyl sites for hydroxylation is 3. The second kappa shape index (κ2) is 9.75. The summed E-state index contributed by atoms with van der Waals surface area (Å²) in [6, 6.07) is 11.2. The van der Waals surface area contributed by atoms with Gasteiger partial charge >= 0.3 is 0 Å². The van der Waals surface area contributed by atoms with E-state index >= 15 is 0 Å². The Morgan fingerprint density at radius 3 is 2.86 bits per heavy atom. The standard InChI is InChI=1S/C28H31N3O4S/c1-34-23-10-8-18-13-25(23)35-24-12-17(6-9-22(24)32)7-11-27(33)29-21-15-31(14-19(18)21)16-28-30-20-4-2-3-5-26(20)36-28/h6,8-10,12-13,19,21,32H,2-5,7,11,14-16H2,1H3,(H,29,33)/t19-,21+/m0/s1. The van der Waals surface area contributed by atoms with Gasteiger partial charge in [0.05, 0.1) is 19.3 Å². The molecule has 3 aliphatic rings. The summed E-state index contributed by atoms with van der Waals surface area (Å²) in [7, 11) is 1.61. The van der Waals surface area contributed by atoms with E-state index in [9.17, 15) is 9.90 Å². The number of likely N-dealkylation sites (tertiary alicyclic amines) is 1. The number of methoxy groups -OCH3 is 1. The van der Waals surface area contributed by atoms with Gasteiger partial charge in [-0.2, -0.15) is 0 Å². The van der Waals surface area contributed by atoms with Crippen LogP contribution >= 0.6 is 11.3 Å². The summed E-state index contributed by atoms with van der Waals surface area (Å²) in [6.07, 6.45) is 5.70. The number of hydrogen-bond acceptors (Lipinski definition) is 7. The number of thiazole rings is 1. The molecular formula is C28H31N3O4S. The molecule has 36 heavy (non-hydrogen) atoms. The smallest absolute Gasteiger partial charge is 0.220 e. The number of fused-ring (bicyclic) bond motifs is 7. The molecule has 2 atom stereocenters. The molecule has 1 saturated heterocycles. The zero-order valence-corrected chi connectivity index (χ0v) is 21.3. The van der Waals surface area contributed by atoms with Crippen LogP contribution in [-0.2, 0) is 30.6 Å². The van der Waals surface area contributed by atoms with Crippen LogP contribution in [0, 0.1) is 0 Å². The average Bonchev–Trinajstić information content (AvgIpc) is 3.47. The Morgan fingerprint density at radius 2 is 2.00 bits per heavy atom. The van der Waals surface area contributed by atoms with Crippen molar-refractivity contribution in [2.24, 2.45) is 0 Å². The second-order valence-corrected chi connectivity index (χ2v) is 11.1. The Kier molecular flexibility index (Phi) is 6.31. The maximum Gasteiger partial charge on any atom is 0.220 e. The third-order valence-corrected chi connectivity index (χ3v) is 8.63. The second-order valence-electron chi connectivity index (χ2n) is 9.97. The fourth-order valence-electron chi connectivity index (χ4n) is 5.62. The third-order valence-electron chi connectivity index (χ3n) is 7.49. The van der Waals surface area contributed by atoms with Crippen molar-refractivity contribution in [2.75, 3.05) is 20.2 Å². The predicted octanol–water partition coefficient (Wildman–Crippen LogP) is 4.56. The van der Waals surface area contributed by atoms with Gasteiger partial charge in [0.25, 0.3) is 0 Å². The van der Waals surface area contributed by atoms with Crippen LogP contribution in [0.25, 0.3) is 0 Å². The molecule has 3 heterocycles. The molecule has 1 aromatic heterocycles. The molecule has 7 nitrogen and oxygen atoms in total.